The maximum Gasteiger partial charge on any atom is 0.241 e. The molecule has 0 aliphatic carbocycles. The zero-order chi connectivity index (χ0) is 13.8. The van der Waals surface area contributed by atoms with Crippen LogP contribution >= 0.6 is 0 Å². The Bertz CT molecular complexity index is 476. The number of aryl methyl sites for hydroxylation is 2. The average molecular weight is 258 g/mol. The van der Waals surface area contributed by atoms with Crippen molar-refractivity contribution < 1.29 is 4.79 Å². The topological polar surface area (TPSA) is 46.3 Å². The Morgan fingerprint density at radius 2 is 1.74 bits per heavy atom. The third-order valence-corrected chi connectivity index (χ3v) is 3.71. The molecule has 19 heavy (non-hydrogen) atoms. The van der Waals surface area contributed by atoms with Crippen LogP contribution in [0, 0.1) is 13.8 Å². The molecule has 2 N–H and O–H groups in total. The first-order valence-electron chi connectivity index (χ1n) is 6.91. The van der Waals surface area contributed by atoms with E-state index in [2.05, 4.69) is 30.9 Å². The summed E-state index contributed by atoms with van der Waals surface area (Å²) in [6.45, 7) is 6.47. The van der Waals surface area contributed by atoms with Gasteiger partial charge in [0, 0.05) is 24.9 Å². The first-order chi connectivity index (χ1) is 9.08. The van der Waals surface area contributed by atoms with Crippen LogP contribution < -0.4 is 10.6 Å². The Morgan fingerprint density at radius 3 is 2.26 bits per heavy atom. The minimum absolute atomic E-state index is 0.404. The van der Waals surface area contributed by atoms with Crippen molar-refractivity contribution in [2.24, 2.45) is 5.73 Å². The number of amides is 1. The summed E-state index contributed by atoms with van der Waals surface area (Å²) in [4.78, 5) is 13.3. The zero-order valence-corrected chi connectivity index (χ0v) is 11.8. The number of primary amides is 1. The molecule has 102 valence electrons. The molecule has 1 heterocycles. The number of hydrogen-bond acceptors (Lipinski definition) is 2. The monoisotopic (exact) mass is 258 g/mol. The number of piperidine rings is 1. The lowest BCUT2D eigenvalue weighted by atomic mass is 10.00. The van der Waals surface area contributed by atoms with E-state index in [1.807, 2.05) is 6.08 Å². The lowest BCUT2D eigenvalue weighted by molar-refractivity contribution is -0.113. The van der Waals surface area contributed by atoms with E-state index >= 15 is 0 Å². The maximum atomic E-state index is 10.8. The SMILES string of the molecule is Cc1cc(N2CCCCC2)cc(C)c1/C=C/C(N)=O. The number of rotatable bonds is 3. The van der Waals surface area contributed by atoms with Crippen LogP contribution in [0.3, 0.4) is 0 Å². The van der Waals surface area contributed by atoms with E-state index in [0.29, 0.717) is 0 Å². The van der Waals surface area contributed by atoms with Crippen molar-refractivity contribution in [2.75, 3.05) is 18.0 Å². The molecule has 0 spiro atoms. The third-order valence-electron chi connectivity index (χ3n) is 3.71. The molecule has 1 amide bonds. The van der Waals surface area contributed by atoms with Crippen LogP contribution in [0.25, 0.3) is 6.08 Å². The highest BCUT2D eigenvalue weighted by molar-refractivity contribution is 5.90. The second-order valence-corrected chi connectivity index (χ2v) is 5.28. The van der Waals surface area contributed by atoms with Crippen LogP contribution in [0.4, 0.5) is 5.69 Å². The van der Waals surface area contributed by atoms with Gasteiger partial charge in [0.25, 0.3) is 0 Å². The van der Waals surface area contributed by atoms with Crippen LogP contribution in [0.1, 0.15) is 36.0 Å². The normalized spacial score (nSPS) is 16.0. The van der Waals surface area contributed by atoms with E-state index in [-0.39, 0.29) is 0 Å². The minimum Gasteiger partial charge on any atom is -0.372 e. The highest BCUT2D eigenvalue weighted by Gasteiger charge is 2.12. The van der Waals surface area contributed by atoms with E-state index in [0.717, 1.165) is 18.7 Å². The fourth-order valence-electron chi connectivity index (χ4n) is 2.71. The summed E-state index contributed by atoms with van der Waals surface area (Å²) in [5.74, 6) is -0.404. The molecular formula is C16H22N2O. The molecule has 0 saturated carbocycles. The number of nitrogens with zero attached hydrogens (tertiary/aromatic N) is 1. The molecule has 1 aromatic carbocycles. The number of anilines is 1. The second kappa shape index (κ2) is 5.91. The third kappa shape index (κ3) is 3.37. The summed E-state index contributed by atoms with van der Waals surface area (Å²) in [6, 6.07) is 4.41. The smallest absolute Gasteiger partial charge is 0.241 e. The maximum absolute atomic E-state index is 10.8. The lowest BCUT2D eigenvalue weighted by Crippen LogP contribution is -2.29. The quantitative estimate of drug-likeness (QED) is 0.847. The summed E-state index contributed by atoms with van der Waals surface area (Å²) in [5, 5.41) is 0. The molecule has 0 aromatic heterocycles. The minimum atomic E-state index is -0.404. The van der Waals surface area contributed by atoms with Gasteiger partial charge in [-0.25, -0.2) is 0 Å². The van der Waals surface area contributed by atoms with Crippen molar-refractivity contribution in [2.45, 2.75) is 33.1 Å². The number of carbonyl (C=O) groups is 1. The Morgan fingerprint density at radius 1 is 1.16 bits per heavy atom. The second-order valence-electron chi connectivity index (χ2n) is 5.28. The largest absolute Gasteiger partial charge is 0.372 e. The van der Waals surface area contributed by atoms with Crippen LogP contribution in [-0.4, -0.2) is 19.0 Å². The van der Waals surface area contributed by atoms with Gasteiger partial charge in [-0.1, -0.05) is 0 Å². The molecule has 1 fully saturated rings. The zero-order valence-electron chi connectivity index (χ0n) is 11.8. The number of hydrogen-bond donors (Lipinski definition) is 1. The van der Waals surface area contributed by atoms with Crippen LogP contribution in [0.2, 0.25) is 0 Å². The Hall–Kier alpha value is -1.77. The summed E-state index contributed by atoms with van der Waals surface area (Å²) in [7, 11) is 0. The number of carbonyl (C=O) groups excluding carboxylic acids is 1. The Balaban J connectivity index is 2.27. The summed E-state index contributed by atoms with van der Waals surface area (Å²) < 4.78 is 0. The van der Waals surface area contributed by atoms with E-state index in [1.54, 1.807) is 0 Å². The molecule has 2 rings (SSSR count). The van der Waals surface area contributed by atoms with Gasteiger partial charge >= 0.3 is 0 Å². The predicted molar refractivity (Wildman–Crippen MR) is 80.2 cm³/mol. The van der Waals surface area contributed by atoms with E-state index in [1.165, 1.54) is 42.2 Å². The molecule has 0 bridgehead atoms. The van der Waals surface area contributed by atoms with Crippen molar-refractivity contribution in [1.29, 1.82) is 0 Å². The highest BCUT2D eigenvalue weighted by Crippen LogP contribution is 2.26. The Labute approximate surface area is 115 Å². The van der Waals surface area contributed by atoms with Gasteiger partial charge in [-0.15, -0.1) is 0 Å². The summed E-state index contributed by atoms with van der Waals surface area (Å²) >= 11 is 0. The van der Waals surface area contributed by atoms with Gasteiger partial charge in [0.15, 0.2) is 0 Å². The van der Waals surface area contributed by atoms with Gasteiger partial charge in [-0.2, -0.15) is 0 Å². The van der Waals surface area contributed by atoms with E-state index in [9.17, 15) is 4.79 Å². The van der Waals surface area contributed by atoms with Crippen molar-refractivity contribution in [1.82, 2.24) is 0 Å². The highest BCUT2D eigenvalue weighted by atomic mass is 16.1. The molecule has 1 aliphatic rings. The molecule has 3 nitrogen and oxygen atoms in total. The molecule has 0 radical (unpaired) electrons. The standard InChI is InChI=1S/C16H22N2O/c1-12-10-14(18-8-4-3-5-9-18)11-13(2)15(12)6-7-16(17)19/h6-7,10-11H,3-5,8-9H2,1-2H3,(H2,17,19)/b7-6+. The van der Waals surface area contributed by atoms with Crippen molar-refractivity contribution in [3.05, 3.63) is 34.9 Å². The summed E-state index contributed by atoms with van der Waals surface area (Å²) in [6.07, 6.45) is 7.14. The average Bonchev–Trinajstić information content (AvgIpc) is 2.38. The van der Waals surface area contributed by atoms with E-state index < -0.39 is 5.91 Å². The van der Waals surface area contributed by atoms with Crippen molar-refractivity contribution >= 4 is 17.7 Å². The van der Waals surface area contributed by atoms with Crippen LogP contribution in [-0.2, 0) is 4.79 Å². The molecule has 3 heteroatoms. The first kappa shape index (κ1) is 13.7. The van der Waals surface area contributed by atoms with Gasteiger partial charge in [0.1, 0.15) is 0 Å². The molecule has 0 atom stereocenters. The molecule has 1 saturated heterocycles. The van der Waals surface area contributed by atoms with Gasteiger partial charge in [-0.05, 0) is 68.0 Å². The first-order valence-corrected chi connectivity index (χ1v) is 6.91. The Kier molecular flexibility index (Phi) is 4.25. The van der Waals surface area contributed by atoms with Gasteiger partial charge in [0.2, 0.25) is 5.91 Å². The van der Waals surface area contributed by atoms with Gasteiger partial charge in [-0.3, -0.25) is 4.79 Å². The van der Waals surface area contributed by atoms with Gasteiger partial charge in [0.05, 0.1) is 0 Å². The molecular weight excluding hydrogens is 236 g/mol. The van der Waals surface area contributed by atoms with Crippen molar-refractivity contribution in [3.63, 3.8) is 0 Å². The number of benzene rings is 1. The summed E-state index contributed by atoms with van der Waals surface area (Å²) in [5.41, 5.74) is 9.93. The fraction of sp³-hybridized carbons (Fsp3) is 0.438. The predicted octanol–water partition coefficient (Wildman–Crippen LogP) is 2.79. The lowest BCUT2D eigenvalue weighted by Gasteiger charge is -2.29. The van der Waals surface area contributed by atoms with Crippen LogP contribution in [0.5, 0.6) is 0 Å². The molecule has 0 unspecified atom stereocenters. The molecule has 1 aliphatic heterocycles. The molecule has 1 aromatic rings. The van der Waals surface area contributed by atoms with Crippen molar-refractivity contribution in [3.8, 4) is 0 Å². The fourth-order valence-corrected chi connectivity index (χ4v) is 2.71. The van der Waals surface area contributed by atoms with Gasteiger partial charge < -0.3 is 10.6 Å². The number of nitrogens with two attached hydrogens (primary N) is 1. The van der Waals surface area contributed by atoms with Crippen LogP contribution in [0.15, 0.2) is 18.2 Å². The van der Waals surface area contributed by atoms with E-state index in [4.69, 9.17) is 5.73 Å².